The van der Waals surface area contributed by atoms with E-state index < -0.39 is 0 Å². The van der Waals surface area contributed by atoms with Gasteiger partial charge in [0, 0.05) is 25.8 Å². The summed E-state index contributed by atoms with van der Waals surface area (Å²) in [4.78, 5) is 14.3. The van der Waals surface area contributed by atoms with E-state index in [9.17, 15) is 4.79 Å². The first-order chi connectivity index (χ1) is 8.63. The van der Waals surface area contributed by atoms with Crippen LogP contribution in [0.5, 0.6) is 0 Å². The minimum atomic E-state index is -0.0367. The summed E-state index contributed by atoms with van der Waals surface area (Å²) in [5.41, 5.74) is 0.584. The van der Waals surface area contributed by atoms with Crippen molar-refractivity contribution in [1.82, 2.24) is 9.47 Å². The van der Waals surface area contributed by atoms with Crippen LogP contribution < -0.4 is 0 Å². The first-order valence-electron chi connectivity index (χ1n) is 6.37. The van der Waals surface area contributed by atoms with Crippen molar-refractivity contribution in [3.8, 4) is 0 Å². The minimum Gasteiger partial charge on any atom is -0.395 e. The Morgan fingerprint density at radius 1 is 1.56 bits per heavy atom. The number of aliphatic hydroxyl groups is 1. The molecule has 0 saturated heterocycles. The number of hydrogen-bond donors (Lipinski definition) is 1. The molecule has 0 radical (unpaired) electrons. The molecule has 18 heavy (non-hydrogen) atoms. The molecule has 4 nitrogen and oxygen atoms in total. The number of aliphatic hydroxyl groups excluding tert-OH is 1. The van der Waals surface area contributed by atoms with E-state index in [1.54, 1.807) is 21.7 Å². The van der Waals surface area contributed by atoms with Crippen LogP contribution in [0.25, 0.3) is 0 Å². The highest BCUT2D eigenvalue weighted by Gasteiger charge is 2.28. The van der Waals surface area contributed by atoms with Gasteiger partial charge in [-0.05, 0) is 18.9 Å². The highest BCUT2D eigenvalue weighted by Crippen LogP contribution is 2.25. The predicted molar refractivity (Wildman–Crippen MR) is 70.8 cm³/mol. The highest BCUT2D eigenvalue weighted by atomic mass is 35.5. The molecule has 1 fully saturated rings. The summed E-state index contributed by atoms with van der Waals surface area (Å²) in [7, 11) is 1.81. The molecule has 1 aromatic heterocycles. The fourth-order valence-corrected chi connectivity index (χ4v) is 2.91. The van der Waals surface area contributed by atoms with E-state index in [2.05, 4.69) is 0 Å². The lowest BCUT2D eigenvalue weighted by atomic mass is 10.2. The molecule has 0 spiro atoms. The number of nitrogens with zero attached hydrogens (tertiary/aromatic N) is 2. The third-order valence-electron chi connectivity index (χ3n) is 3.56. The van der Waals surface area contributed by atoms with Crippen LogP contribution in [0.1, 0.15) is 36.2 Å². The van der Waals surface area contributed by atoms with E-state index in [1.165, 1.54) is 0 Å². The second-order valence-electron chi connectivity index (χ2n) is 4.81. The van der Waals surface area contributed by atoms with E-state index in [0.29, 0.717) is 17.3 Å². The lowest BCUT2D eigenvalue weighted by Crippen LogP contribution is -2.41. The lowest BCUT2D eigenvalue weighted by Gasteiger charge is -2.28. The van der Waals surface area contributed by atoms with Gasteiger partial charge < -0.3 is 14.6 Å². The molecule has 1 aliphatic carbocycles. The number of aryl methyl sites for hydroxylation is 1. The lowest BCUT2D eigenvalue weighted by molar-refractivity contribution is 0.0628. The van der Waals surface area contributed by atoms with Crippen molar-refractivity contribution in [3.63, 3.8) is 0 Å². The fraction of sp³-hybridized carbons (Fsp3) is 0.615. The van der Waals surface area contributed by atoms with Crippen LogP contribution >= 0.6 is 11.6 Å². The van der Waals surface area contributed by atoms with E-state index in [1.807, 2.05) is 7.05 Å². The van der Waals surface area contributed by atoms with Crippen LogP contribution in [0.2, 0.25) is 5.02 Å². The van der Waals surface area contributed by atoms with Crippen molar-refractivity contribution in [1.29, 1.82) is 0 Å². The average molecular weight is 271 g/mol. The second kappa shape index (κ2) is 5.76. The summed E-state index contributed by atoms with van der Waals surface area (Å²) in [5.74, 6) is -0.0367. The molecule has 5 heteroatoms. The Hall–Kier alpha value is -1.00. The van der Waals surface area contributed by atoms with Crippen LogP contribution in [0.15, 0.2) is 12.3 Å². The van der Waals surface area contributed by atoms with Crippen LogP contribution in [0.4, 0.5) is 0 Å². The van der Waals surface area contributed by atoms with Crippen molar-refractivity contribution in [2.45, 2.75) is 31.7 Å². The molecule has 1 amide bonds. The molecule has 1 aliphatic rings. The molecular weight excluding hydrogens is 252 g/mol. The summed E-state index contributed by atoms with van der Waals surface area (Å²) in [6.45, 7) is 0.396. The summed E-state index contributed by atoms with van der Waals surface area (Å²) in [6, 6.07) is 1.95. The standard InChI is InChI=1S/C13H19ClN2O2/c1-15-9-10(14)8-12(15)13(18)16(6-7-17)11-4-2-3-5-11/h8-9,11,17H,2-7H2,1H3. The molecule has 0 unspecified atom stereocenters. The molecule has 2 rings (SSSR count). The zero-order chi connectivity index (χ0) is 13.1. The number of hydrogen-bond acceptors (Lipinski definition) is 2. The average Bonchev–Trinajstić information content (AvgIpc) is 2.95. The van der Waals surface area contributed by atoms with Crippen molar-refractivity contribution in [2.75, 3.05) is 13.2 Å². The number of halogens is 1. The quantitative estimate of drug-likeness (QED) is 0.910. The Morgan fingerprint density at radius 3 is 2.72 bits per heavy atom. The van der Waals surface area contributed by atoms with Crippen LogP contribution in [0, 0.1) is 0 Å². The monoisotopic (exact) mass is 270 g/mol. The van der Waals surface area contributed by atoms with Gasteiger partial charge in [-0.1, -0.05) is 24.4 Å². The number of amides is 1. The van der Waals surface area contributed by atoms with Gasteiger partial charge in [0.1, 0.15) is 5.69 Å². The van der Waals surface area contributed by atoms with Gasteiger partial charge in [-0.15, -0.1) is 0 Å². The molecule has 1 N–H and O–H groups in total. The molecule has 0 atom stereocenters. The maximum absolute atomic E-state index is 12.5. The zero-order valence-corrected chi connectivity index (χ0v) is 11.4. The van der Waals surface area contributed by atoms with E-state index >= 15 is 0 Å². The van der Waals surface area contributed by atoms with Gasteiger partial charge in [-0.3, -0.25) is 4.79 Å². The molecule has 0 aromatic carbocycles. The fourth-order valence-electron chi connectivity index (χ4n) is 2.66. The van der Waals surface area contributed by atoms with E-state index in [4.69, 9.17) is 16.7 Å². The molecular formula is C13H19ClN2O2. The van der Waals surface area contributed by atoms with Gasteiger partial charge in [-0.2, -0.15) is 0 Å². The third-order valence-corrected chi connectivity index (χ3v) is 3.76. The number of aromatic nitrogens is 1. The Balaban J connectivity index is 2.19. The Bertz CT molecular complexity index is 425. The maximum Gasteiger partial charge on any atom is 0.270 e. The van der Waals surface area contributed by atoms with Gasteiger partial charge in [0.25, 0.3) is 5.91 Å². The molecule has 0 bridgehead atoms. The van der Waals surface area contributed by atoms with Gasteiger partial charge in [-0.25, -0.2) is 0 Å². The maximum atomic E-state index is 12.5. The molecule has 1 saturated carbocycles. The summed E-state index contributed by atoms with van der Waals surface area (Å²) >= 11 is 5.91. The van der Waals surface area contributed by atoms with Gasteiger partial charge in [0.2, 0.25) is 0 Å². The largest absolute Gasteiger partial charge is 0.395 e. The van der Waals surface area contributed by atoms with Crippen LogP contribution in [0.3, 0.4) is 0 Å². The zero-order valence-electron chi connectivity index (χ0n) is 10.6. The topological polar surface area (TPSA) is 45.5 Å². The van der Waals surface area contributed by atoms with Crippen molar-refractivity contribution in [2.24, 2.45) is 7.05 Å². The van der Waals surface area contributed by atoms with Crippen molar-refractivity contribution in [3.05, 3.63) is 23.0 Å². The SMILES string of the molecule is Cn1cc(Cl)cc1C(=O)N(CCO)C1CCCC1. The summed E-state index contributed by atoms with van der Waals surface area (Å²) in [5, 5.41) is 9.71. The molecule has 1 aromatic rings. The predicted octanol–water partition coefficient (Wildman–Crippen LogP) is 2.06. The molecule has 100 valence electrons. The van der Waals surface area contributed by atoms with E-state index in [-0.39, 0.29) is 18.6 Å². The molecule has 0 aliphatic heterocycles. The smallest absolute Gasteiger partial charge is 0.270 e. The normalized spacial score (nSPS) is 16.2. The number of carbonyl (C=O) groups is 1. The summed E-state index contributed by atoms with van der Waals surface area (Å²) < 4.78 is 1.74. The first kappa shape index (κ1) is 13.4. The van der Waals surface area contributed by atoms with Crippen LogP contribution in [-0.4, -0.2) is 39.7 Å². The summed E-state index contributed by atoms with van der Waals surface area (Å²) in [6.07, 6.45) is 6.11. The van der Waals surface area contributed by atoms with E-state index in [0.717, 1.165) is 25.7 Å². The minimum absolute atomic E-state index is 0.000392. The second-order valence-corrected chi connectivity index (χ2v) is 5.25. The first-order valence-corrected chi connectivity index (χ1v) is 6.75. The van der Waals surface area contributed by atoms with Crippen LogP contribution in [-0.2, 0) is 7.05 Å². The Labute approximate surface area is 112 Å². The van der Waals surface area contributed by atoms with Gasteiger partial charge in [0.15, 0.2) is 0 Å². The Kier molecular flexibility index (Phi) is 4.30. The number of carbonyl (C=O) groups excluding carboxylic acids is 1. The highest BCUT2D eigenvalue weighted by molar-refractivity contribution is 6.31. The molecule has 1 heterocycles. The van der Waals surface area contributed by atoms with Crippen molar-refractivity contribution < 1.29 is 9.90 Å². The van der Waals surface area contributed by atoms with Crippen molar-refractivity contribution >= 4 is 17.5 Å². The third kappa shape index (κ3) is 2.70. The Morgan fingerprint density at radius 2 is 2.22 bits per heavy atom. The van der Waals surface area contributed by atoms with Gasteiger partial charge in [0.05, 0.1) is 11.6 Å². The number of rotatable bonds is 4. The van der Waals surface area contributed by atoms with Gasteiger partial charge >= 0.3 is 0 Å².